The molecule has 1 unspecified atom stereocenters. The van der Waals surface area contributed by atoms with Gasteiger partial charge in [0.1, 0.15) is 5.41 Å². The zero-order valence-corrected chi connectivity index (χ0v) is 18.0. The first-order chi connectivity index (χ1) is 10.5. The van der Waals surface area contributed by atoms with Gasteiger partial charge in [-0.05, 0) is 54.7 Å². The van der Waals surface area contributed by atoms with Gasteiger partial charge in [-0.3, -0.25) is 4.79 Å². The van der Waals surface area contributed by atoms with Crippen molar-refractivity contribution in [1.29, 1.82) is 0 Å². The molecule has 0 fully saturated rings. The number of halogens is 1. The summed E-state index contributed by atoms with van der Waals surface area (Å²) in [6.07, 6.45) is 3.06. The summed E-state index contributed by atoms with van der Waals surface area (Å²) >= 11 is 3.14. The summed E-state index contributed by atoms with van der Waals surface area (Å²) in [5.41, 5.74) is 0.385. The van der Waals surface area contributed by atoms with Crippen molar-refractivity contribution in [3.63, 3.8) is 0 Å². The van der Waals surface area contributed by atoms with Gasteiger partial charge < -0.3 is 9.16 Å². The summed E-state index contributed by atoms with van der Waals surface area (Å²) in [7, 11) is -0.602. The van der Waals surface area contributed by atoms with Crippen molar-refractivity contribution < 1.29 is 14.0 Å². The fraction of sp³-hybridized carbons (Fsp3) is 0.722. The molecule has 0 N–H and O–H groups in total. The Morgan fingerprint density at radius 2 is 2.00 bits per heavy atom. The number of rotatable bonds is 4. The second-order valence-electron chi connectivity index (χ2n) is 7.85. The molecule has 130 valence electrons. The Morgan fingerprint density at radius 3 is 2.48 bits per heavy atom. The highest BCUT2D eigenvalue weighted by Gasteiger charge is 2.50. The minimum Gasteiger partial charge on any atom is -0.546 e. The van der Waals surface area contributed by atoms with E-state index in [1.54, 1.807) is 0 Å². The van der Waals surface area contributed by atoms with Crippen molar-refractivity contribution in [2.45, 2.75) is 71.5 Å². The highest BCUT2D eigenvalue weighted by Crippen LogP contribution is 2.49. The highest BCUT2D eigenvalue weighted by atomic mass is 79.9. The smallest absolute Gasteiger partial charge is 0.320 e. The largest absolute Gasteiger partial charge is 0.546 e. The number of carbonyl (C=O) groups excluding carboxylic acids is 1. The van der Waals surface area contributed by atoms with Crippen molar-refractivity contribution in [2.24, 2.45) is 5.41 Å². The number of ether oxygens (including phenoxy) is 1. The summed E-state index contributed by atoms with van der Waals surface area (Å²) < 4.78 is 11.8. The van der Waals surface area contributed by atoms with Gasteiger partial charge in [0.2, 0.25) is 8.32 Å². The van der Waals surface area contributed by atoms with Crippen LogP contribution in [0.1, 0.15) is 53.4 Å². The molecule has 0 saturated carbocycles. The first kappa shape index (κ1) is 20.3. The lowest BCUT2D eigenvalue weighted by molar-refractivity contribution is -0.152. The van der Waals surface area contributed by atoms with Crippen molar-refractivity contribution in [1.82, 2.24) is 0 Å². The van der Waals surface area contributed by atoms with E-state index in [4.69, 9.17) is 9.16 Å². The lowest BCUT2D eigenvalue weighted by atomic mass is 9.72. The predicted octanol–water partition coefficient (Wildman–Crippen LogP) is 5.37. The van der Waals surface area contributed by atoms with E-state index in [9.17, 15) is 4.79 Å². The van der Waals surface area contributed by atoms with Crippen molar-refractivity contribution >= 4 is 30.2 Å². The van der Waals surface area contributed by atoms with Crippen LogP contribution in [0.25, 0.3) is 0 Å². The summed E-state index contributed by atoms with van der Waals surface area (Å²) in [6.45, 7) is 13.1. The topological polar surface area (TPSA) is 35.5 Å². The van der Waals surface area contributed by atoms with Gasteiger partial charge in [-0.1, -0.05) is 26.7 Å². The van der Waals surface area contributed by atoms with Gasteiger partial charge in [-0.15, -0.1) is 0 Å². The van der Waals surface area contributed by atoms with Gasteiger partial charge in [-0.2, -0.15) is 0 Å². The Balaban J connectivity index is 3.40. The number of hydrogen-bond acceptors (Lipinski definition) is 3. The third kappa shape index (κ3) is 4.22. The SMILES string of the molecule is COC(=O)C1(CC#CBr)CCCC(C)=C1O[Si](C)(C)C(C)(C)C. The molecule has 0 aromatic heterocycles. The molecule has 0 aromatic carbocycles. The van der Waals surface area contributed by atoms with Crippen LogP contribution in [0.5, 0.6) is 0 Å². The minimum absolute atomic E-state index is 0.0701. The molecule has 0 aliphatic heterocycles. The summed E-state index contributed by atoms with van der Waals surface area (Å²) in [4.78, 5) is 15.4. The lowest BCUT2D eigenvalue weighted by Gasteiger charge is -2.44. The van der Waals surface area contributed by atoms with Gasteiger partial charge in [0.25, 0.3) is 0 Å². The molecule has 0 bridgehead atoms. The van der Waals surface area contributed by atoms with Crippen molar-refractivity contribution in [3.8, 4) is 10.8 Å². The third-order valence-electron chi connectivity index (χ3n) is 5.17. The van der Waals surface area contributed by atoms with Gasteiger partial charge in [-0.25, -0.2) is 0 Å². The van der Waals surface area contributed by atoms with Crippen LogP contribution in [0.15, 0.2) is 11.3 Å². The summed E-state index contributed by atoms with van der Waals surface area (Å²) in [5, 5.41) is 0.0701. The Morgan fingerprint density at radius 1 is 1.39 bits per heavy atom. The molecule has 0 heterocycles. The average molecular weight is 401 g/mol. The lowest BCUT2D eigenvalue weighted by Crippen LogP contribution is -2.46. The van der Waals surface area contributed by atoms with E-state index in [-0.39, 0.29) is 11.0 Å². The standard InChI is InChI=1S/C18H29BrO3Si/c1-14-10-8-11-18(12-9-13-19,16(20)21-5)15(14)22-23(6,7)17(2,3)4/h8,10-12H2,1-7H3. The fourth-order valence-corrected chi connectivity index (χ4v) is 4.03. The minimum atomic E-state index is -2.05. The van der Waals surface area contributed by atoms with Crippen molar-refractivity contribution in [2.75, 3.05) is 7.11 Å². The van der Waals surface area contributed by atoms with Crippen molar-refractivity contribution in [3.05, 3.63) is 11.3 Å². The third-order valence-corrected chi connectivity index (χ3v) is 9.78. The van der Waals surface area contributed by atoms with Gasteiger partial charge >= 0.3 is 5.97 Å². The van der Waals surface area contributed by atoms with Gasteiger partial charge in [0, 0.05) is 22.4 Å². The van der Waals surface area contributed by atoms with Crippen LogP contribution < -0.4 is 0 Å². The normalized spacial score (nSPS) is 22.3. The summed E-state index contributed by atoms with van der Waals surface area (Å²) in [6, 6.07) is 0. The molecule has 5 heteroatoms. The highest BCUT2D eigenvalue weighted by molar-refractivity contribution is 9.12. The molecule has 1 atom stereocenters. The Bertz CT molecular complexity index is 549. The molecule has 3 nitrogen and oxygen atoms in total. The molecule has 1 aliphatic carbocycles. The van der Waals surface area contributed by atoms with E-state index in [1.807, 2.05) is 0 Å². The Hall–Kier alpha value is -0.733. The number of methoxy groups -OCH3 is 1. The number of esters is 1. The first-order valence-corrected chi connectivity index (χ1v) is 11.8. The zero-order valence-electron chi connectivity index (χ0n) is 15.4. The molecule has 23 heavy (non-hydrogen) atoms. The van der Waals surface area contributed by atoms with Crippen LogP contribution in [0.4, 0.5) is 0 Å². The molecule has 1 aliphatic rings. The van der Waals surface area contributed by atoms with Crippen LogP contribution in [0, 0.1) is 16.2 Å². The molecule has 1 rings (SSSR count). The average Bonchev–Trinajstić information content (AvgIpc) is 2.46. The van der Waals surface area contributed by atoms with Crippen LogP contribution in [-0.4, -0.2) is 21.4 Å². The van der Waals surface area contributed by atoms with Crippen LogP contribution in [0.3, 0.4) is 0 Å². The first-order valence-electron chi connectivity index (χ1n) is 8.08. The number of allylic oxidation sites excluding steroid dienone is 1. The predicted molar refractivity (Wildman–Crippen MR) is 101 cm³/mol. The van der Waals surface area contributed by atoms with E-state index >= 15 is 0 Å². The van der Waals surface area contributed by atoms with Gasteiger partial charge in [0.15, 0.2) is 0 Å². The maximum Gasteiger partial charge on any atom is 0.320 e. The Kier molecular flexibility index (Phi) is 6.57. The summed E-state index contributed by atoms with van der Waals surface area (Å²) in [5.74, 6) is 3.60. The fourth-order valence-electron chi connectivity index (χ4n) is 2.70. The molecule has 0 radical (unpaired) electrons. The van der Waals surface area contributed by atoms with Crippen LogP contribution >= 0.6 is 15.9 Å². The monoisotopic (exact) mass is 400 g/mol. The Labute approximate surface area is 150 Å². The molecule has 0 saturated heterocycles. The quantitative estimate of drug-likeness (QED) is 0.361. The molecule has 0 spiro atoms. The molecular formula is C18H29BrO3Si. The molecule has 0 aromatic rings. The van der Waals surface area contributed by atoms with Crippen LogP contribution in [-0.2, 0) is 14.0 Å². The maximum absolute atomic E-state index is 12.7. The second-order valence-corrected chi connectivity index (χ2v) is 13.0. The zero-order chi connectivity index (χ0) is 17.9. The van der Waals surface area contributed by atoms with E-state index < -0.39 is 13.7 Å². The molecular weight excluding hydrogens is 372 g/mol. The number of hydrogen-bond donors (Lipinski definition) is 0. The van der Waals surface area contributed by atoms with E-state index in [0.717, 1.165) is 30.6 Å². The van der Waals surface area contributed by atoms with E-state index in [1.165, 1.54) is 7.11 Å². The van der Waals surface area contributed by atoms with Crippen LogP contribution in [0.2, 0.25) is 18.1 Å². The van der Waals surface area contributed by atoms with Gasteiger partial charge in [0.05, 0.1) is 12.9 Å². The van der Waals surface area contributed by atoms with E-state index in [0.29, 0.717) is 6.42 Å². The van der Waals surface area contributed by atoms with E-state index in [2.05, 4.69) is 67.5 Å². The second kappa shape index (κ2) is 7.44. The maximum atomic E-state index is 12.7. The number of carbonyl (C=O) groups is 1. The molecule has 0 amide bonds.